The van der Waals surface area contributed by atoms with Gasteiger partial charge in [-0.05, 0) is 28.1 Å². The Bertz CT molecular complexity index is 1020. The second kappa shape index (κ2) is 7.52. The number of aromatic nitrogens is 4. The van der Waals surface area contributed by atoms with Gasteiger partial charge in [-0.2, -0.15) is 5.10 Å². The molecule has 0 amide bonds. The van der Waals surface area contributed by atoms with Gasteiger partial charge in [0.25, 0.3) is 0 Å². The largest absolute Gasteiger partial charge is 0.377 e. The molecule has 0 bridgehead atoms. The second-order valence-corrected chi connectivity index (χ2v) is 8.18. The minimum atomic E-state index is 0.321. The number of aliphatic imine (C=N–C) groups is 1. The molecule has 0 atom stereocenters. The lowest BCUT2D eigenvalue weighted by Crippen LogP contribution is -2.31. The molecule has 0 aliphatic carbocycles. The molecule has 10 heteroatoms. The number of fused-ring (bicyclic) bond motifs is 2. The van der Waals surface area contributed by atoms with Gasteiger partial charge in [-0.15, -0.1) is 0 Å². The Labute approximate surface area is 175 Å². The molecule has 2 aliphatic heterocycles. The molecule has 0 aromatic carbocycles. The van der Waals surface area contributed by atoms with E-state index in [0.29, 0.717) is 36.1 Å². The van der Waals surface area contributed by atoms with Crippen molar-refractivity contribution in [2.45, 2.75) is 12.6 Å². The Morgan fingerprint density at radius 2 is 1.81 bits per heavy atom. The van der Waals surface area contributed by atoms with Crippen molar-refractivity contribution in [3.05, 3.63) is 48.8 Å². The summed E-state index contributed by atoms with van der Waals surface area (Å²) < 4.78 is 8.99. The lowest BCUT2D eigenvalue weighted by atomic mass is 10.2. The molecule has 1 fully saturated rings. The molecule has 5 heterocycles. The number of hydrogen-bond acceptors (Lipinski definition) is 5. The molecular weight excluding hydrogens is 509 g/mol. The molecule has 0 unspecified atom stereocenters. The van der Waals surface area contributed by atoms with E-state index in [0.717, 1.165) is 31.2 Å². The van der Waals surface area contributed by atoms with E-state index < -0.39 is 0 Å². The summed E-state index contributed by atoms with van der Waals surface area (Å²) in [6.07, 6.45) is 3.47. The van der Waals surface area contributed by atoms with Crippen LogP contribution >= 0.6 is 55.1 Å². The van der Waals surface area contributed by atoms with Crippen molar-refractivity contribution in [3.8, 4) is 0 Å². The van der Waals surface area contributed by atoms with Crippen molar-refractivity contribution in [1.82, 2.24) is 19.7 Å². The van der Waals surface area contributed by atoms with E-state index in [1.54, 1.807) is 24.5 Å². The Hall–Kier alpha value is -1.06. The highest BCUT2D eigenvalue weighted by molar-refractivity contribution is 9.11. The molecule has 3 aromatic rings. The van der Waals surface area contributed by atoms with Gasteiger partial charge in [-0.25, -0.2) is 9.97 Å². The predicted molar refractivity (Wildman–Crippen MR) is 108 cm³/mol. The van der Waals surface area contributed by atoms with E-state index in [4.69, 9.17) is 27.9 Å². The molecule has 26 heavy (non-hydrogen) atoms. The van der Waals surface area contributed by atoms with Crippen molar-refractivity contribution in [2.24, 2.45) is 4.99 Å². The zero-order chi connectivity index (χ0) is 18.3. The minimum absolute atomic E-state index is 0.321. The molecule has 1 saturated heterocycles. The molecule has 134 valence electrons. The van der Waals surface area contributed by atoms with Gasteiger partial charge in [-0.3, -0.25) is 9.67 Å². The first-order valence-corrected chi connectivity index (χ1v) is 9.99. The van der Waals surface area contributed by atoms with Crippen LogP contribution in [0.15, 0.2) is 32.3 Å². The van der Waals surface area contributed by atoms with E-state index in [9.17, 15) is 0 Å². The van der Waals surface area contributed by atoms with Crippen LogP contribution in [0.4, 0.5) is 0 Å². The van der Waals surface area contributed by atoms with Crippen LogP contribution in [-0.4, -0.2) is 39.2 Å². The first-order valence-electron chi connectivity index (χ1n) is 7.64. The van der Waals surface area contributed by atoms with Crippen LogP contribution in [0.1, 0.15) is 17.3 Å². The third-order valence-corrected chi connectivity index (χ3v) is 5.67. The van der Waals surface area contributed by atoms with Crippen molar-refractivity contribution < 1.29 is 4.74 Å². The third-order valence-electron chi connectivity index (χ3n) is 3.98. The summed E-state index contributed by atoms with van der Waals surface area (Å²) in [6.45, 7) is 2.14. The standard InChI is InChI=1S/C9H7BrClN3O.C7H4BrClN2/c10-6-1-8(11)13-7-2-12-14(9(6)7)5-3-15-4-5;8-5-1-7(9)11-6-3-10-2-4(5)6/h1-2,5H,3-4H2;1,3H,2H2. The van der Waals surface area contributed by atoms with Crippen LogP contribution in [0, 0.1) is 0 Å². The van der Waals surface area contributed by atoms with Crippen LogP contribution < -0.4 is 0 Å². The zero-order valence-corrected chi connectivity index (χ0v) is 17.8. The molecule has 5 rings (SSSR count). The summed E-state index contributed by atoms with van der Waals surface area (Å²) in [6, 6.07) is 3.89. The number of ether oxygens (including phenoxy) is 1. The lowest BCUT2D eigenvalue weighted by Gasteiger charge is -2.26. The number of hydrogen-bond donors (Lipinski definition) is 0. The molecule has 6 nitrogen and oxygen atoms in total. The fourth-order valence-electron chi connectivity index (χ4n) is 2.64. The van der Waals surface area contributed by atoms with Crippen LogP contribution in [-0.2, 0) is 11.3 Å². The van der Waals surface area contributed by atoms with Gasteiger partial charge >= 0.3 is 0 Å². The summed E-state index contributed by atoms with van der Waals surface area (Å²) in [5, 5.41) is 5.28. The Morgan fingerprint density at radius 1 is 1.08 bits per heavy atom. The van der Waals surface area contributed by atoms with E-state index in [2.05, 4.69) is 51.9 Å². The van der Waals surface area contributed by atoms with E-state index >= 15 is 0 Å². The van der Waals surface area contributed by atoms with Gasteiger partial charge in [0.1, 0.15) is 21.3 Å². The normalized spacial score (nSPS) is 15.5. The minimum Gasteiger partial charge on any atom is -0.377 e. The molecule has 2 aliphatic rings. The van der Waals surface area contributed by atoms with Crippen molar-refractivity contribution in [1.29, 1.82) is 0 Å². The molecule has 0 N–H and O–H groups in total. The highest BCUT2D eigenvalue weighted by Gasteiger charge is 2.24. The van der Waals surface area contributed by atoms with Crippen molar-refractivity contribution in [2.75, 3.05) is 13.2 Å². The average Bonchev–Trinajstić information content (AvgIpc) is 3.13. The quantitative estimate of drug-likeness (QED) is 0.431. The Morgan fingerprint density at radius 3 is 2.54 bits per heavy atom. The van der Waals surface area contributed by atoms with E-state index in [1.165, 1.54) is 0 Å². The highest BCUT2D eigenvalue weighted by Crippen LogP contribution is 2.29. The predicted octanol–water partition coefficient (Wildman–Crippen LogP) is 4.85. The number of rotatable bonds is 1. The second-order valence-electron chi connectivity index (χ2n) is 5.70. The topological polar surface area (TPSA) is 65.2 Å². The summed E-state index contributed by atoms with van der Waals surface area (Å²) in [5.74, 6) is 0. The first kappa shape index (κ1) is 18.3. The van der Waals surface area contributed by atoms with Gasteiger partial charge < -0.3 is 4.74 Å². The summed E-state index contributed by atoms with van der Waals surface area (Å²) in [5.41, 5.74) is 3.78. The fraction of sp³-hybridized carbons (Fsp3) is 0.250. The number of nitrogens with zero attached hydrogens (tertiary/aromatic N) is 5. The average molecular weight is 520 g/mol. The van der Waals surface area contributed by atoms with Crippen LogP contribution in [0.5, 0.6) is 0 Å². The Balaban J connectivity index is 0.000000136. The van der Waals surface area contributed by atoms with Gasteiger partial charge in [0.15, 0.2) is 0 Å². The van der Waals surface area contributed by atoms with Crippen molar-refractivity contribution >= 4 is 72.3 Å². The van der Waals surface area contributed by atoms with Crippen LogP contribution in [0.25, 0.3) is 11.0 Å². The molecule has 0 radical (unpaired) electrons. The first-order chi connectivity index (χ1) is 12.5. The van der Waals surface area contributed by atoms with Crippen LogP contribution in [0.2, 0.25) is 10.3 Å². The SMILES string of the molecule is Clc1cc(Br)c2c(cnn2C2COC2)n1.Clc1cc(Br)c2c(n1)C=NC2. The summed E-state index contributed by atoms with van der Waals surface area (Å²) in [7, 11) is 0. The van der Waals surface area contributed by atoms with Crippen molar-refractivity contribution in [3.63, 3.8) is 0 Å². The van der Waals surface area contributed by atoms with Gasteiger partial charge in [0.2, 0.25) is 0 Å². The third kappa shape index (κ3) is 3.53. The fourth-order valence-corrected chi connectivity index (χ4v) is 4.45. The molecular formula is C16H11Br2Cl2N5O. The monoisotopic (exact) mass is 517 g/mol. The zero-order valence-electron chi connectivity index (χ0n) is 13.2. The van der Waals surface area contributed by atoms with E-state index in [-0.39, 0.29) is 0 Å². The number of halogens is 4. The number of pyridine rings is 2. The van der Waals surface area contributed by atoms with Crippen LogP contribution in [0.3, 0.4) is 0 Å². The van der Waals surface area contributed by atoms with Gasteiger partial charge in [0.05, 0.1) is 37.7 Å². The Kier molecular flexibility index (Phi) is 5.29. The van der Waals surface area contributed by atoms with Gasteiger partial charge in [-0.1, -0.05) is 39.1 Å². The maximum absolute atomic E-state index is 5.86. The van der Waals surface area contributed by atoms with Gasteiger partial charge in [0, 0.05) is 20.7 Å². The highest BCUT2D eigenvalue weighted by atomic mass is 79.9. The smallest absolute Gasteiger partial charge is 0.131 e. The summed E-state index contributed by atoms with van der Waals surface area (Å²) in [4.78, 5) is 12.4. The summed E-state index contributed by atoms with van der Waals surface area (Å²) >= 11 is 18.5. The lowest BCUT2D eigenvalue weighted by molar-refractivity contribution is -0.0267. The maximum Gasteiger partial charge on any atom is 0.131 e. The molecule has 0 saturated carbocycles. The maximum atomic E-state index is 5.86. The molecule has 3 aromatic heterocycles. The molecule has 0 spiro atoms. The van der Waals surface area contributed by atoms with E-state index in [1.807, 2.05) is 4.68 Å².